The Balaban J connectivity index is 2.01. The zero-order valence-electron chi connectivity index (χ0n) is 11.2. The minimum absolute atomic E-state index is 0.596. The minimum Gasteiger partial charge on any atom is -0.379 e. The first-order valence-corrected chi connectivity index (χ1v) is 6.60. The summed E-state index contributed by atoms with van der Waals surface area (Å²) in [6.45, 7) is 3.42. The standard InChI is InChI=1S/C15H16N4O/c1-10-11(12-4-2-3-6-16-12)5-7-17-13(10)14(20)15-18-8-9-19-15/h2-7,14,20H,8-9H2,1H3,(H,18,19). The van der Waals surface area contributed by atoms with Crippen LogP contribution in [0.3, 0.4) is 0 Å². The van der Waals surface area contributed by atoms with Crippen molar-refractivity contribution in [2.75, 3.05) is 13.1 Å². The van der Waals surface area contributed by atoms with Crippen LogP contribution < -0.4 is 5.32 Å². The highest BCUT2D eigenvalue weighted by Gasteiger charge is 2.22. The smallest absolute Gasteiger partial charge is 0.153 e. The van der Waals surface area contributed by atoms with Crippen molar-refractivity contribution >= 4 is 5.84 Å². The molecule has 0 fully saturated rings. The second-order valence-electron chi connectivity index (χ2n) is 4.68. The quantitative estimate of drug-likeness (QED) is 0.884. The fourth-order valence-electron chi connectivity index (χ4n) is 2.36. The van der Waals surface area contributed by atoms with E-state index in [1.165, 1.54) is 0 Å². The van der Waals surface area contributed by atoms with E-state index in [0.717, 1.165) is 23.4 Å². The normalized spacial score (nSPS) is 15.6. The number of pyridine rings is 2. The van der Waals surface area contributed by atoms with Gasteiger partial charge < -0.3 is 10.4 Å². The maximum atomic E-state index is 10.4. The van der Waals surface area contributed by atoms with Gasteiger partial charge in [-0.05, 0) is 30.7 Å². The summed E-state index contributed by atoms with van der Waals surface area (Å²) < 4.78 is 0. The fourth-order valence-corrected chi connectivity index (χ4v) is 2.36. The lowest BCUT2D eigenvalue weighted by Crippen LogP contribution is -2.26. The van der Waals surface area contributed by atoms with Crippen LogP contribution in [-0.2, 0) is 0 Å². The lowest BCUT2D eigenvalue weighted by molar-refractivity contribution is 0.238. The molecule has 5 nitrogen and oxygen atoms in total. The summed E-state index contributed by atoms with van der Waals surface area (Å²) >= 11 is 0. The largest absolute Gasteiger partial charge is 0.379 e. The maximum absolute atomic E-state index is 10.4. The molecule has 3 rings (SSSR count). The zero-order valence-corrected chi connectivity index (χ0v) is 11.2. The molecule has 0 spiro atoms. The molecular formula is C15H16N4O. The van der Waals surface area contributed by atoms with Crippen LogP contribution in [0.1, 0.15) is 17.4 Å². The molecule has 20 heavy (non-hydrogen) atoms. The van der Waals surface area contributed by atoms with Gasteiger partial charge in [0.15, 0.2) is 6.10 Å². The van der Waals surface area contributed by atoms with Crippen molar-refractivity contribution in [3.63, 3.8) is 0 Å². The first kappa shape index (κ1) is 12.7. The molecule has 3 heterocycles. The molecule has 1 atom stereocenters. The van der Waals surface area contributed by atoms with E-state index in [1.54, 1.807) is 12.4 Å². The van der Waals surface area contributed by atoms with E-state index in [-0.39, 0.29) is 0 Å². The first-order chi connectivity index (χ1) is 9.77. The maximum Gasteiger partial charge on any atom is 0.153 e. The summed E-state index contributed by atoms with van der Waals surface area (Å²) in [6, 6.07) is 7.69. The van der Waals surface area contributed by atoms with Gasteiger partial charge >= 0.3 is 0 Å². The molecule has 0 aliphatic carbocycles. The Hall–Kier alpha value is -2.27. The van der Waals surface area contributed by atoms with Gasteiger partial charge in [0.05, 0.1) is 17.9 Å². The first-order valence-electron chi connectivity index (χ1n) is 6.60. The van der Waals surface area contributed by atoms with Gasteiger partial charge in [-0.1, -0.05) is 6.07 Å². The molecule has 2 aromatic rings. The highest BCUT2D eigenvalue weighted by Crippen LogP contribution is 2.26. The highest BCUT2D eigenvalue weighted by molar-refractivity contribution is 5.89. The van der Waals surface area contributed by atoms with Crippen LogP contribution in [0.2, 0.25) is 0 Å². The summed E-state index contributed by atoms with van der Waals surface area (Å²) in [5.74, 6) is 0.596. The average Bonchev–Trinajstić information content (AvgIpc) is 3.02. The Labute approximate surface area is 117 Å². The van der Waals surface area contributed by atoms with Gasteiger partial charge in [0, 0.05) is 24.5 Å². The van der Waals surface area contributed by atoms with Crippen LogP contribution in [0.4, 0.5) is 0 Å². The SMILES string of the molecule is Cc1c(-c2ccccn2)ccnc1C(O)C1=NCCN1. The third kappa shape index (κ3) is 2.28. The van der Waals surface area contributed by atoms with Crippen molar-refractivity contribution in [2.24, 2.45) is 4.99 Å². The summed E-state index contributed by atoms with van der Waals surface area (Å²) in [7, 11) is 0. The average molecular weight is 268 g/mol. The molecule has 0 saturated carbocycles. The van der Waals surface area contributed by atoms with Crippen molar-refractivity contribution < 1.29 is 5.11 Å². The van der Waals surface area contributed by atoms with Crippen molar-refractivity contribution in [1.29, 1.82) is 0 Å². The number of rotatable bonds is 3. The molecule has 102 valence electrons. The number of hydrogen-bond donors (Lipinski definition) is 2. The van der Waals surface area contributed by atoms with Crippen LogP contribution in [0, 0.1) is 6.92 Å². The Morgan fingerprint density at radius 3 is 2.80 bits per heavy atom. The third-order valence-corrected chi connectivity index (χ3v) is 3.40. The molecule has 2 aromatic heterocycles. The topological polar surface area (TPSA) is 70.4 Å². The van der Waals surface area contributed by atoms with E-state index >= 15 is 0 Å². The van der Waals surface area contributed by atoms with Crippen molar-refractivity contribution in [3.05, 3.63) is 47.9 Å². The molecule has 0 radical (unpaired) electrons. The Bertz CT molecular complexity index is 640. The molecule has 1 aliphatic rings. The number of amidine groups is 1. The predicted octanol–water partition coefficient (Wildman–Crippen LogP) is 1.49. The number of hydrogen-bond acceptors (Lipinski definition) is 5. The van der Waals surface area contributed by atoms with Crippen LogP contribution in [0.15, 0.2) is 41.7 Å². The lowest BCUT2D eigenvalue weighted by Gasteiger charge is -2.15. The summed E-state index contributed by atoms with van der Waals surface area (Å²) in [4.78, 5) is 12.9. The Kier molecular flexibility index (Phi) is 3.43. The molecule has 2 N–H and O–H groups in total. The Morgan fingerprint density at radius 2 is 2.10 bits per heavy atom. The van der Waals surface area contributed by atoms with E-state index in [2.05, 4.69) is 20.3 Å². The second-order valence-corrected chi connectivity index (χ2v) is 4.68. The van der Waals surface area contributed by atoms with Gasteiger partial charge in [0.2, 0.25) is 0 Å². The van der Waals surface area contributed by atoms with Gasteiger partial charge in [-0.3, -0.25) is 15.0 Å². The van der Waals surface area contributed by atoms with E-state index in [4.69, 9.17) is 0 Å². The van der Waals surface area contributed by atoms with Crippen LogP contribution in [0.25, 0.3) is 11.3 Å². The van der Waals surface area contributed by atoms with Crippen LogP contribution in [-0.4, -0.2) is 34.0 Å². The van der Waals surface area contributed by atoms with E-state index in [0.29, 0.717) is 18.1 Å². The van der Waals surface area contributed by atoms with E-state index in [9.17, 15) is 5.11 Å². The van der Waals surface area contributed by atoms with Gasteiger partial charge in [-0.15, -0.1) is 0 Å². The predicted molar refractivity (Wildman–Crippen MR) is 77.5 cm³/mol. The molecule has 0 bridgehead atoms. The molecule has 5 heteroatoms. The van der Waals surface area contributed by atoms with Gasteiger partial charge in [0.1, 0.15) is 5.84 Å². The molecular weight excluding hydrogens is 252 g/mol. The second kappa shape index (κ2) is 5.38. The van der Waals surface area contributed by atoms with Crippen LogP contribution in [0.5, 0.6) is 0 Å². The lowest BCUT2D eigenvalue weighted by atomic mass is 10.0. The van der Waals surface area contributed by atoms with E-state index in [1.807, 2.05) is 31.2 Å². The van der Waals surface area contributed by atoms with Crippen molar-refractivity contribution in [2.45, 2.75) is 13.0 Å². The number of aliphatic hydroxyl groups excluding tert-OH is 1. The number of aromatic nitrogens is 2. The zero-order chi connectivity index (χ0) is 13.9. The summed E-state index contributed by atoms with van der Waals surface area (Å²) in [5.41, 5.74) is 3.41. The Morgan fingerprint density at radius 1 is 1.20 bits per heavy atom. The van der Waals surface area contributed by atoms with Gasteiger partial charge in [0.25, 0.3) is 0 Å². The fraction of sp³-hybridized carbons (Fsp3) is 0.267. The van der Waals surface area contributed by atoms with Crippen LogP contribution >= 0.6 is 0 Å². The third-order valence-electron chi connectivity index (χ3n) is 3.40. The number of nitrogens with one attached hydrogen (secondary N) is 1. The van der Waals surface area contributed by atoms with Crippen molar-refractivity contribution in [3.8, 4) is 11.3 Å². The van der Waals surface area contributed by atoms with Crippen molar-refractivity contribution in [1.82, 2.24) is 15.3 Å². The summed E-state index contributed by atoms with van der Waals surface area (Å²) in [5, 5.41) is 13.5. The van der Waals surface area contributed by atoms with Gasteiger partial charge in [-0.2, -0.15) is 0 Å². The number of aliphatic hydroxyl groups is 1. The van der Waals surface area contributed by atoms with E-state index < -0.39 is 6.10 Å². The minimum atomic E-state index is -0.804. The summed E-state index contributed by atoms with van der Waals surface area (Å²) in [6.07, 6.45) is 2.65. The monoisotopic (exact) mass is 268 g/mol. The molecule has 0 amide bonds. The molecule has 1 unspecified atom stereocenters. The van der Waals surface area contributed by atoms with Gasteiger partial charge in [-0.25, -0.2) is 0 Å². The number of aliphatic imine (C=N–C) groups is 1. The molecule has 0 aromatic carbocycles. The number of nitrogens with zero attached hydrogens (tertiary/aromatic N) is 3. The highest BCUT2D eigenvalue weighted by atomic mass is 16.3. The molecule has 1 aliphatic heterocycles. The molecule has 0 saturated heterocycles.